The van der Waals surface area contributed by atoms with Gasteiger partial charge < -0.3 is 4.90 Å². The maximum Gasteiger partial charge on any atom is 0.323 e. The molecule has 1 aromatic heterocycles. The Labute approximate surface area is 115 Å². The van der Waals surface area contributed by atoms with Crippen molar-refractivity contribution in [2.24, 2.45) is 0 Å². The Hall–Kier alpha value is -1.33. The SMILES string of the molecule is CCN(CC)C(=O)Nc1nc2ccc(Cl)cc2s1. The Kier molecular flexibility index (Phi) is 4.04. The van der Waals surface area contributed by atoms with Crippen LogP contribution in [0.1, 0.15) is 13.8 Å². The van der Waals surface area contributed by atoms with Crippen LogP contribution in [0.5, 0.6) is 0 Å². The number of thiazole rings is 1. The Morgan fingerprint density at radius 1 is 1.44 bits per heavy atom. The molecule has 0 saturated heterocycles. The first-order valence-corrected chi connectivity index (χ1v) is 6.95. The van der Waals surface area contributed by atoms with Crippen LogP contribution in [0.2, 0.25) is 5.02 Å². The molecule has 0 aliphatic rings. The van der Waals surface area contributed by atoms with Gasteiger partial charge in [-0.1, -0.05) is 22.9 Å². The molecule has 1 aromatic carbocycles. The van der Waals surface area contributed by atoms with Crippen molar-refractivity contribution in [3.05, 3.63) is 23.2 Å². The molecule has 0 unspecified atom stereocenters. The molecule has 4 nitrogen and oxygen atoms in total. The number of hydrogen-bond acceptors (Lipinski definition) is 3. The largest absolute Gasteiger partial charge is 0.325 e. The highest BCUT2D eigenvalue weighted by Gasteiger charge is 2.12. The van der Waals surface area contributed by atoms with E-state index in [1.54, 1.807) is 11.0 Å². The number of urea groups is 1. The lowest BCUT2D eigenvalue weighted by atomic mass is 10.3. The van der Waals surface area contributed by atoms with Crippen LogP contribution in [0.25, 0.3) is 10.2 Å². The molecule has 18 heavy (non-hydrogen) atoms. The van der Waals surface area contributed by atoms with Crippen LogP contribution in [0.15, 0.2) is 18.2 Å². The predicted octanol–water partition coefficient (Wildman–Crippen LogP) is 3.82. The van der Waals surface area contributed by atoms with Crippen molar-refractivity contribution in [2.45, 2.75) is 13.8 Å². The number of benzene rings is 1. The van der Waals surface area contributed by atoms with Crippen LogP contribution in [0, 0.1) is 0 Å². The third kappa shape index (κ3) is 2.73. The van der Waals surface area contributed by atoms with Crippen LogP contribution >= 0.6 is 22.9 Å². The van der Waals surface area contributed by atoms with Gasteiger partial charge in [0, 0.05) is 18.1 Å². The zero-order valence-corrected chi connectivity index (χ0v) is 11.8. The number of amides is 2. The number of nitrogens with one attached hydrogen (secondary N) is 1. The van der Waals surface area contributed by atoms with Gasteiger partial charge in [0.15, 0.2) is 5.13 Å². The topological polar surface area (TPSA) is 45.2 Å². The molecule has 0 spiro atoms. The van der Waals surface area contributed by atoms with Crippen molar-refractivity contribution < 1.29 is 4.79 Å². The van der Waals surface area contributed by atoms with Crippen molar-refractivity contribution in [1.82, 2.24) is 9.88 Å². The summed E-state index contributed by atoms with van der Waals surface area (Å²) < 4.78 is 0.970. The molecule has 1 N–H and O–H groups in total. The summed E-state index contributed by atoms with van der Waals surface area (Å²) in [7, 11) is 0. The maximum atomic E-state index is 11.9. The van der Waals surface area contributed by atoms with Gasteiger partial charge in [-0.05, 0) is 32.0 Å². The smallest absolute Gasteiger partial charge is 0.323 e. The van der Waals surface area contributed by atoms with Crippen molar-refractivity contribution in [1.29, 1.82) is 0 Å². The van der Waals surface area contributed by atoms with Gasteiger partial charge in [-0.15, -0.1) is 0 Å². The van der Waals surface area contributed by atoms with E-state index in [4.69, 9.17) is 11.6 Å². The summed E-state index contributed by atoms with van der Waals surface area (Å²) in [5.74, 6) is 0. The number of carbonyl (C=O) groups excluding carboxylic acids is 1. The zero-order valence-electron chi connectivity index (χ0n) is 10.2. The average Bonchev–Trinajstić information content (AvgIpc) is 2.71. The molecule has 1 heterocycles. The van der Waals surface area contributed by atoms with Gasteiger partial charge in [-0.25, -0.2) is 9.78 Å². The summed E-state index contributed by atoms with van der Waals surface area (Å²) in [5.41, 5.74) is 0.847. The summed E-state index contributed by atoms with van der Waals surface area (Å²) in [6.45, 7) is 5.25. The van der Waals surface area contributed by atoms with E-state index < -0.39 is 0 Å². The van der Waals surface area contributed by atoms with Gasteiger partial charge in [-0.3, -0.25) is 5.32 Å². The number of aromatic nitrogens is 1. The highest BCUT2D eigenvalue weighted by molar-refractivity contribution is 7.22. The second kappa shape index (κ2) is 5.54. The summed E-state index contributed by atoms with van der Waals surface area (Å²) in [6.07, 6.45) is 0. The van der Waals surface area contributed by atoms with Gasteiger partial charge >= 0.3 is 6.03 Å². The van der Waals surface area contributed by atoms with Crippen molar-refractivity contribution >= 4 is 44.3 Å². The van der Waals surface area contributed by atoms with Gasteiger partial charge in [0.1, 0.15) is 0 Å². The molecule has 2 aromatic rings. The van der Waals surface area contributed by atoms with Crippen molar-refractivity contribution in [2.75, 3.05) is 18.4 Å². The van der Waals surface area contributed by atoms with E-state index in [0.717, 1.165) is 10.2 Å². The Morgan fingerprint density at radius 2 is 2.17 bits per heavy atom. The standard InChI is InChI=1S/C12H14ClN3OS/c1-3-16(4-2)12(17)15-11-14-9-6-5-8(13)7-10(9)18-11/h5-7H,3-4H2,1-2H3,(H,14,15,17). The molecule has 0 aliphatic heterocycles. The van der Waals surface area contributed by atoms with E-state index in [1.165, 1.54) is 11.3 Å². The highest BCUT2D eigenvalue weighted by atomic mass is 35.5. The normalized spacial score (nSPS) is 10.6. The third-order valence-corrected chi connectivity index (χ3v) is 3.78. The number of anilines is 1. The average molecular weight is 284 g/mol. The first-order chi connectivity index (χ1) is 8.63. The number of nitrogens with zero attached hydrogens (tertiary/aromatic N) is 2. The fourth-order valence-corrected chi connectivity index (χ4v) is 2.76. The lowest BCUT2D eigenvalue weighted by molar-refractivity contribution is 0.217. The Morgan fingerprint density at radius 3 is 2.83 bits per heavy atom. The minimum Gasteiger partial charge on any atom is -0.325 e. The minimum atomic E-state index is -0.120. The van der Waals surface area contributed by atoms with Gasteiger partial charge in [0.2, 0.25) is 0 Å². The molecule has 0 radical (unpaired) electrons. The zero-order chi connectivity index (χ0) is 13.1. The van der Waals surface area contributed by atoms with E-state index >= 15 is 0 Å². The summed E-state index contributed by atoms with van der Waals surface area (Å²) in [6, 6.07) is 5.37. The van der Waals surface area contributed by atoms with Gasteiger partial charge in [-0.2, -0.15) is 0 Å². The Balaban J connectivity index is 2.19. The molecule has 0 aliphatic carbocycles. The molecule has 0 saturated carbocycles. The predicted molar refractivity (Wildman–Crippen MR) is 76.6 cm³/mol. The molecule has 2 amide bonds. The van der Waals surface area contributed by atoms with E-state index in [0.29, 0.717) is 23.2 Å². The molecular formula is C12H14ClN3OS. The second-order valence-corrected chi connectivity index (χ2v) is 5.20. The molecule has 0 fully saturated rings. The molecule has 0 bridgehead atoms. The van der Waals surface area contributed by atoms with Crippen molar-refractivity contribution in [3.8, 4) is 0 Å². The number of hydrogen-bond donors (Lipinski definition) is 1. The van der Waals surface area contributed by atoms with Crippen molar-refractivity contribution in [3.63, 3.8) is 0 Å². The number of halogens is 1. The Bertz CT molecular complexity index is 565. The second-order valence-electron chi connectivity index (χ2n) is 3.73. The number of fused-ring (bicyclic) bond motifs is 1. The van der Waals surface area contributed by atoms with Crippen LogP contribution in [-0.4, -0.2) is 29.0 Å². The summed E-state index contributed by atoms with van der Waals surface area (Å²) >= 11 is 7.34. The van der Waals surface area contributed by atoms with Crippen LogP contribution in [0.4, 0.5) is 9.93 Å². The fourth-order valence-electron chi connectivity index (χ4n) is 1.63. The van der Waals surface area contributed by atoms with E-state index in [9.17, 15) is 4.79 Å². The van der Waals surface area contributed by atoms with Crippen LogP contribution in [-0.2, 0) is 0 Å². The lowest BCUT2D eigenvalue weighted by Gasteiger charge is -2.17. The lowest BCUT2D eigenvalue weighted by Crippen LogP contribution is -2.34. The minimum absolute atomic E-state index is 0.120. The van der Waals surface area contributed by atoms with Gasteiger partial charge in [0.25, 0.3) is 0 Å². The molecule has 0 atom stereocenters. The molecular weight excluding hydrogens is 270 g/mol. The summed E-state index contributed by atoms with van der Waals surface area (Å²) in [5, 5.41) is 4.08. The monoisotopic (exact) mass is 283 g/mol. The first kappa shape index (κ1) is 13.1. The molecule has 6 heteroatoms. The number of carbonyl (C=O) groups is 1. The molecule has 96 valence electrons. The number of rotatable bonds is 3. The fraction of sp³-hybridized carbons (Fsp3) is 0.333. The van der Waals surface area contributed by atoms with Crippen LogP contribution in [0.3, 0.4) is 0 Å². The maximum absolute atomic E-state index is 11.9. The summed E-state index contributed by atoms with van der Waals surface area (Å²) in [4.78, 5) is 17.9. The van der Waals surface area contributed by atoms with E-state index in [1.807, 2.05) is 26.0 Å². The third-order valence-electron chi connectivity index (χ3n) is 2.62. The van der Waals surface area contributed by atoms with Crippen LogP contribution < -0.4 is 5.32 Å². The van der Waals surface area contributed by atoms with E-state index in [-0.39, 0.29) is 6.03 Å². The quantitative estimate of drug-likeness (QED) is 0.930. The van der Waals surface area contributed by atoms with Gasteiger partial charge in [0.05, 0.1) is 10.2 Å². The highest BCUT2D eigenvalue weighted by Crippen LogP contribution is 2.28. The molecule has 2 rings (SSSR count). The van der Waals surface area contributed by atoms with E-state index in [2.05, 4.69) is 10.3 Å². The first-order valence-electron chi connectivity index (χ1n) is 5.76.